The van der Waals surface area contributed by atoms with Gasteiger partial charge in [0.2, 0.25) is 5.91 Å². The number of hydrogen-bond donors (Lipinski definition) is 1. The Hall–Kier alpha value is -0.830. The van der Waals surface area contributed by atoms with E-state index in [1.165, 1.54) is 0 Å². The van der Waals surface area contributed by atoms with Crippen molar-refractivity contribution >= 4 is 5.91 Å². The van der Waals surface area contributed by atoms with Gasteiger partial charge < -0.3 is 10.0 Å². The van der Waals surface area contributed by atoms with Crippen molar-refractivity contribution in [3.8, 4) is 0 Å². The van der Waals surface area contributed by atoms with Crippen LogP contribution in [0.25, 0.3) is 0 Å². The third-order valence-electron chi connectivity index (χ3n) is 1.94. The Morgan fingerprint density at radius 3 is 2.43 bits per heavy atom. The van der Waals surface area contributed by atoms with Crippen LogP contribution in [0.15, 0.2) is 11.6 Å². The topological polar surface area (TPSA) is 40.5 Å². The molecule has 0 atom stereocenters. The quantitative estimate of drug-likeness (QED) is 0.521. The van der Waals surface area contributed by atoms with E-state index in [4.69, 9.17) is 5.11 Å². The van der Waals surface area contributed by atoms with E-state index in [2.05, 4.69) is 0 Å². The minimum Gasteiger partial charge on any atom is -0.396 e. The highest BCUT2D eigenvalue weighted by atomic mass is 16.2. The van der Waals surface area contributed by atoms with Gasteiger partial charge in [-0.25, -0.2) is 0 Å². The highest BCUT2D eigenvalue weighted by Crippen LogP contribution is 1.99. The summed E-state index contributed by atoms with van der Waals surface area (Å²) in [7, 11) is 1.81. The Morgan fingerprint density at radius 2 is 1.93 bits per heavy atom. The molecule has 82 valence electrons. The Morgan fingerprint density at radius 1 is 1.29 bits per heavy atom. The largest absolute Gasteiger partial charge is 0.396 e. The summed E-state index contributed by atoms with van der Waals surface area (Å²) in [6, 6.07) is 0. The van der Waals surface area contributed by atoms with Gasteiger partial charge in [-0.2, -0.15) is 0 Å². The lowest BCUT2D eigenvalue weighted by atomic mass is 10.2. The highest BCUT2D eigenvalue weighted by molar-refractivity contribution is 5.87. The molecule has 0 aliphatic heterocycles. The van der Waals surface area contributed by atoms with E-state index in [0.717, 1.165) is 31.4 Å². The average molecular weight is 199 g/mol. The third-order valence-corrected chi connectivity index (χ3v) is 1.94. The van der Waals surface area contributed by atoms with Crippen molar-refractivity contribution in [2.75, 3.05) is 20.2 Å². The summed E-state index contributed by atoms with van der Waals surface area (Å²) in [5, 5.41) is 8.57. The molecule has 1 amide bonds. The summed E-state index contributed by atoms with van der Waals surface area (Å²) in [6.45, 7) is 4.84. The van der Waals surface area contributed by atoms with Crippen molar-refractivity contribution in [1.29, 1.82) is 0 Å². The minimum absolute atomic E-state index is 0.0639. The second kappa shape index (κ2) is 7.56. The first kappa shape index (κ1) is 13.2. The fourth-order valence-corrected chi connectivity index (χ4v) is 1.10. The van der Waals surface area contributed by atoms with Crippen LogP contribution in [0.2, 0.25) is 0 Å². The zero-order valence-electron chi connectivity index (χ0n) is 9.42. The standard InChI is InChI=1S/C11H21NO2/c1-10(2)9-11(14)12(3)7-5-4-6-8-13/h9,13H,4-8H2,1-3H3. The molecule has 1 N–H and O–H groups in total. The maximum atomic E-state index is 11.4. The molecule has 0 aliphatic carbocycles. The predicted octanol–water partition coefficient (Wildman–Crippen LogP) is 1.57. The zero-order chi connectivity index (χ0) is 11.0. The van der Waals surface area contributed by atoms with Gasteiger partial charge in [-0.15, -0.1) is 0 Å². The second-order valence-corrected chi connectivity index (χ2v) is 3.77. The lowest BCUT2D eigenvalue weighted by Gasteiger charge is -2.14. The summed E-state index contributed by atoms with van der Waals surface area (Å²) in [6.07, 6.45) is 4.40. The van der Waals surface area contributed by atoms with Crippen LogP contribution < -0.4 is 0 Å². The van der Waals surface area contributed by atoms with Gasteiger partial charge in [0, 0.05) is 26.3 Å². The number of carbonyl (C=O) groups excluding carboxylic acids is 1. The summed E-state index contributed by atoms with van der Waals surface area (Å²) in [5.41, 5.74) is 1.03. The molecule has 0 radical (unpaired) electrons. The molecule has 0 rings (SSSR count). The Bertz CT molecular complexity index is 195. The molecule has 14 heavy (non-hydrogen) atoms. The van der Waals surface area contributed by atoms with Crippen molar-refractivity contribution in [2.45, 2.75) is 33.1 Å². The van der Waals surface area contributed by atoms with Crippen LogP contribution in [0.4, 0.5) is 0 Å². The van der Waals surface area contributed by atoms with Gasteiger partial charge >= 0.3 is 0 Å². The zero-order valence-corrected chi connectivity index (χ0v) is 9.42. The van der Waals surface area contributed by atoms with Crippen LogP contribution in [0, 0.1) is 0 Å². The first-order valence-corrected chi connectivity index (χ1v) is 5.08. The lowest BCUT2D eigenvalue weighted by molar-refractivity contribution is -0.124. The molecular formula is C11H21NO2. The van der Waals surface area contributed by atoms with E-state index >= 15 is 0 Å². The fourth-order valence-electron chi connectivity index (χ4n) is 1.10. The van der Waals surface area contributed by atoms with Gasteiger partial charge in [-0.05, 0) is 33.1 Å². The SMILES string of the molecule is CC(C)=CC(=O)N(C)CCCCCO. The summed E-state index contributed by atoms with van der Waals surface area (Å²) in [5.74, 6) is 0.0639. The molecule has 0 saturated carbocycles. The minimum atomic E-state index is 0.0639. The van der Waals surface area contributed by atoms with E-state index in [-0.39, 0.29) is 12.5 Å². The maximum Gasteiger partial charge on any atom is 0.246 e. The molecular weight excluding hydrogens is 178 g/mol. The Balaban J connectivity index is 3.68. The van der Waals surface area contributed by atoms with E-state index in [1.54, 1.807) is 18.0 Å². The molecule has 3 heteroatoms. The van der Waals surface area contributed by atoms with E-state index in [9.17, 15) is 4.79 Å². The molecule has 0 bridgehead atoms. The normalized spacial score (nSPS) is 9.71. The highest BCUT2D eigenvalue weighted by Gasteiger charge is 2.03. The molecule has 0 fully saturated rings. The van der Waals surface area contributed by atoms with E-state index in [0.29, 0.717) is 0 Å². The van der Waals surface area contributed by atoms with Gasteiger partial charge in [-0.1, -0.05) is 5.57 Å². The number of aliphatic hydroxyl groups excluding tert-OH is 1. The first-order chi connectivity index (χ1) is 6.57. The number of aliphatic hydroxyl groups is 1. The van der Waals surface area contributed by atoms with Crippen LogP contribution in [-0.2, 0) is 4.79 Å². The van der Waals surface area contributed by atoms with Crippen molar-refractivity contribution in [3.05, 3.63) is 11.6 Å². The average Bonchev–Trinajstić information content (AvgIpc) is 2.11. The number of carbonyl (C=O) groups is 1. The summed E-state index contributed by atoms with van der Waals surface area (Å²) >= 11 is 0. The van der Waals surface area contributed by atoms with Gasteiger partial charge in [0.15, 0.2) is 0 Å². The van der Waals surface area contributed by atoms with Crippen molar-refractivity contribution < 1.29 is 9.90 Å². The molecule has 0 unspecified atom stereocenters. The molecule has 0 aromatic rings. The Labute approximate surface area is 86.4 Å². The van der Waals surface area contributed by atoms with Gasteiger partial charge in [-0.3, -0.25) is 4.79 Å². The number of nitrogens with zero attached hydrogens (tertiary/aromatic N) is 1. The fraction of sp³-hybridized carbons (Fsp3) is 0.727. The van der Waals surface area contributed by atoms with E-state index < -0.39 is 0 Å². The van der Waals surface area contributed by atoms with Crippen LogP contribution in [-0.4, -0.2) is 36.1 Å². The van der Waals surface area contributed by atoms with Crippen LogP contribution in [0.5, 0.6) is 0 Å². The molecule has 0 aromatic heterocycles. The van der Waals surface area contributed by atoms with Crippen LogP contribution >= 0.6 is 0 Å². The molecule has 0 heterocycles. The number of unbranched alkanes of at least 4 members (excludes halogenated alkanes) is 2. The smallest absolute Gasteiger partial charge is 0.246 e. The van der Waals surface area contributed by atoms with Gasteiger partial charge in [0.05, 0.1) is 0 Å². The summed E-state index contributed by atoms with van der Waals surface area (Å²) in [4.78, 5) is 13.1. The van der Waals surface area contributed by atoms with Gasteiger partial charge in [0.25, 0.3) is 0 Å². The van der Waals surface area contributed by atoms with Crippen molar-refractivity contribution in [3.63, 3.8) is 0 Å². The molecule has 3 nitrogen and oxygen atoms in total. The second-order valence-electron chi connectivity index (χ2n) is 3.77. The van der Waals surface area contributed by atoms with Crippen molar-refractivity contribution in [2.24, 2.45) is 0 Å². The van der Waals surface area contributed by atoms with E-state index in [1.807, 2.05) is 13.8 Å². The number of rotatable bonds is 6. The molecule has 0 saturated heterocycles. The number of hydrogen-bond acceptors (Lipinski definition) is 2. The van der Waals surface area contributed by atoms with Crippen LogP contribution in [0.1, 0.15) is 33.1 Å². The molecule has 0 spiro atoms. The summed E-state index contributed by atoms with van der Waals surface area (Å²) < 4.78 is 0. The maximum absolute atomic E-state index is 11.4. The molecule has 0 aliphatic rings. The van der Waals surface area contributed by atoms with Crippen molar-refractivity contribution in [1.82, 2.24) is 4.90 Å². The third kappa shape index (κ3) is 6.66. The first-order valence-electron chi connectivity index (χ1n) is 5.08. The lowest BCUT2D eigenvalue weighted by Crippen LogP contribution is -2.26. The number of allylic oxidation sites excluding steroid dienone is 1. The monoisotopic (exact) mass is 199 g/mol. The number of likely N-dealkylation sites (N-methyl/N-ethyl adjacent to an activating group) is 1. The van der Waals surface area contributed by atoms with Crippen LogP contribution in [0.3, 0.4) is 0 Å². The predicted molar refractivity (Wildman–Crippen MR) is 58.0 cm³/mol. The Kier molecular flexibility index (Phi) is 7.11. The number of amides is 1. The van der Waals surface area contributed by atoms with Gasteiger partial charge in [0.1, 0.15) is 0 Å². The molecule has 0 aromatic carbocycles.